The zero-order valence-electron chi connectivity index (χ0n) is 11.2. The Morgan fingerprint density at radius 2 is 2.16 bits per heavy atom. The number of hydrogen-bond donors (Lipinski definition) is 3. The Kier molecular flexibility index (Phi) is 4.74. The van der Waals surface area contributed by atoms with E-state index in [1.54, 1.807) is 19.3 Å². The summed E-state index contributed by atoms with van der Waals surface area (Å²) in [6.07, 6.45) is 5.43. The Balaban J connectivity index is 1.87. The Morgan fingerprint density at radius 3 is 2.84 bits per heavy atom. The Labute approximate surface area is 113 Å². The third-order valence-corrected chi connectivity index (χ3v) is 3.63. The number of amides is 1. The highest BCUT2D eigenvalue weighted by Gasteiger charge is 2.19. The first-order valence-corrected chi connectivity index (χ1v) is 6.79. The third-order valence-electron chi connectivity index (χ3n) is 3.63. The van der Waals surface area contributed by atoms with E-state index in [-0.39, 0.29) is 12.0 Å². The number of nitrogens with one attached hydrogen (secondary N) is 2. The van der Waals surface area contributed by atoms with E-state index < -0.39 is 0 Å². The lowest BCUT2D eigenvalue weighted by Crippen LogP contribution is -2.24. The van der Waals surface area contributed by atoms with Crippen LogP contribution in [-0.4, -0.2) is 35.7 Å². The van der Waals surface area contributed by atoms with Gasteiger partial charge < -0.3 is 15.7 Å². The van der Waals surface area contributed by atoms with Gasteiger partial charge in [0.15, 0.2) is 0 Å². The number of anilines is 1. The number of aromatic nitrogens is 1. The predicted molar refractivity (Wildman–Crippen MR) is 74.1 cm³/mol. The summed E-state index contributed by atoms with van der Waals surface area (Å²) in [5, 5.41) is 15.4. The van der Waals surface area contributed by atoms with Crippen LogP contribution in [0.15, 0.2) is 18.3 Å². The van der Waals surface area contributed by atoms with Crippen LogP contribution >= 0.6 is 0 Å². The van der Waals surface area contributed by atoms with E-state index in [1.165, 1.54) is 0 Å². The summed E-state index contributed by atoms with van der Waals surface area (Å²) >= 11 is 0. The van der Waals surface area contributed by atoms with Crippen molar-refractivity contribution in [1.82, 2.24) is 10.3 Å². The summed E-state index contributed by atoms with van der Waals surface area (Å²) in [5.41, 5.74) is 1.34. The van der Waals surface area contributed by atoms with E-state index in [4.69, 9.17) is 0 Å². The minimum absolute atomic E-state index is 0.114. The summed E-state index contributed by atoms with van der Waals surface area (Å²) in [6, 6.07) is 3.63. The maximum atomic E-state index is 11.5. The summed E-state index contributed by atoms with van der Waals surface area (Å²) in [5.74, 6) is 0.421. The number of pyridine rings is 1. The number of carbonyl (C=O) groups is 1. The van der Waals surface area contributed by atoms with E-state index in [9.17, 15) is 9.90 Å². The van der Waals surface area contributed by atoms with Gasteiger partial charge in [0, 0.05) is 25.5 Å². The predicted octanol–water partition coefficient (Wildman–Crippen LogP) is 1.40. The van der Waals surface area contributed by atoms with Gasteiger partial charge in [-0.25, -0.2) is 0 Å². The molecule has 1 aliphatic rings. The highest BCUT2D eigenvalue weighted by molar-refractivity contribution is 5.92. The second-order valence-corrected chi connectivity index (χ2v) is 5.06. The van der Waals surface area contributed by atoms with Crippen LogP contribution in [0.1, 0.15) is 36.2 Å². The van der Waals surface area contributed by atoms with E-state index >= 15 is 0 Å². The molecule has 104 valence electrons. The van der Waals surface area contributed by atoms with Crippen LogP contribution in [0.4, 0.5) is 5.69 Å². The van der Waals surface area contributed by atoms with E-state index in [2.05, 4.69) is 15.6 Å². The molecule has 1 aromatic rings. The molecule has 1 aromatic heterocycles. The number of aliphatic hydroxyl groups is 1. The molecule has 5 nitrogen and oxygen atoms in total. The average Bonchev–Trinajstić information content (AvgIpc) is 2.46. The maximum Gasteiger partial charge on any atom is 0.269 e. The molecule has 3 N–H and O–H groups in total. The highest BCUT2D eigenvalue weighted by atomic mass is 16.3. The van der Waals surface area contributed by atoms with E-state index in [0.29, 0.717) is 11.6 Å². The van der Waals surface area contributed by atoms with Crippen molar-refractivity contribution in [2.24, 2.45) is 5.92 Å². The van der Waals surface area contributed by atoms with Gasteiger partial charge in [-0.15, -0.1) is 0 Å². The number of nitrogens with zero attached hydrogens (tertiary/aromatic N) is 1. The summed E-state index contributed by atoms with van der Waals surface area (Å²) in [7, 11) is 1.59. The van der Waals surface area contributed by atoms with Crippen molar-refractivity contribution < 1.29 is 9.90 Å². The topological polar surface area (TPSA) is 74.2 Å². The molecule has 0 unspecified atom stereocenters. The molecule has 19 heavy (non-hydrogen) atoms. The van der Waals surface area contributed by atoms with Crippen molar-refractivity contribution >= 4 is 11.6 Å². The number of rotatable bonds is 4. The van der Waals surface area contributed by atoms with Crippen LogP contribution in [0.2, 0.25) is 0 Å². The quantitative estimate of drug-likeness (QED) is 0.767. The average molecular weight is 263 g/mol. The normalized spacial score (nSPS) is 22.8. The lowest BCUT2D eigenvalue weighted by molar-refractivity contribution is 0.0958. The molecule has 1 aliphatic carbocycles. The number of hydrogen-bond acceptors (Lipinski definition) is 4. The molecule has 0 aliphatic heterocycles. The Morgan fingerprint density at radius 1 is 1.42 bits per heavy atom. The summed E-state index contributed by atoms with van der Waals surface area (Å²) < 4.78 is 0. The SMILES string of the molecule is CNC(=O)c1cc(NCC2CCC(O)CC2)ccn1. The first kappa shape index (κ1) is 13.8. The van der Waals surface area contributed by atoms with Crippen LogP contribution < -0.4 is 10.6 Å². The molecule has 1 heterocycles. The van der Waals surface area contributed by atoms with Crippen molar-refractivity contribution in [2.45, 2.75) is 31.8 Å². The molecule has 0 atom stereocenters. The third kappa shape index (κ3) is 3.92. The van der Waals surface area contributed by atoms with Gasteiger partial charge in [-0.2, -0.15) is 0 Å². The van der Waals surface area contributed by atoms with Gasteiger partial charge in [0.1, 0.15) is 5.69 Å². The molecular weight excluding hydrogens is 242 g/mol. The zero-order valence-corrected chi connectivity index (χ0v) is 11.2. The second kappa shape index (κ2) is 6.52. The van der Waals surface area contributed by atoms with Gasteiger partial charge in [0.2, 0.25) is 0 Å². The van der Waals surface area contributed by atoms with Crippen LogP contribution in [-0.2, 0) is 0 Å². The van der Waals surface area contributed by atoms with Crippen molar-refractivity contribution in [3.63, 3.8) is 0 Å². The van der Waals surface area contributed by atoms with Gasteiger partial charge in [-0.3, -0.25) is 9.78 Å². The smallest absolute Gasteiger partial charge is 0.269 e. The second-order valence-electron chi connectivity index (χ2n) is 5.06. The fourth-order valence-corrected chi connectivity index (χ4v) is 2.40. The molecule has 1 fully saturated rings. The molecule has 0 saturated heterocycles. The first-order chi connectivity index (χ1) is 9.19. The molecular formula is C14H21N3O2. The number of carbonyl (C=O) groups excluding carboxylic acids is 1. The van der Waals surface area contributed by atoms with Gasteiger partial charge >= 0.3 is 0 Å². The summed E-state index contributed by atoms with van der Waals surface area (Å²) in [6.45, 7) is 0.879. The monoisotopic (exact) mass is 263 g/mol. The van der Waals surface area contributed by atoms with Crippen molar-refractivity contribution in [3.05, 3.63) is 24.0 Å². The molecule has 0 radical (unpaired) electrons. The number of aliphatic hydroxyl groups excluding tert-OH is 1. The van der Waals surface area contributed by atoms with Crippen molar-refractivity contribution in [2.75, 3.05) is 18.9 Å². The van der Waals surface area contributed by atoms with E-state index in [0.717, 1.165) is 37.9 Å². The summed E-state index contributed by atoms with van der Waals surface area (Å²) in [4.78, 5) is 15.5. The van der Waals surface area contributed by atoms with Gasteiger partial charge in [0.25, 0.3) is 5.91 Å². The first-order valence-electron chi connectivity index (χ1n) is 6.79. The van der Waals surface area contributed by atoms with Crippen molar-refractivity contribution in [1.29, 1.82) is 0 Å². The van der Waals surface area contributed by atoms with E-state index in [1.807, 2.05) is 6.07 Å². The zero-order chi connectivity index (χ0) is 13.7. The fourth-order valence-electron chi connectivity index (χ4n) is 2.40. The Hall–Kier alpha value is -1.62. The molecule has 0 aromatic carbocycles. The highest BCUT2D eigenvalue weighted by Crippen LogP contribution is 2.24. The largest absolute Gasteiger partial charge is 0.393 e. The maximum absolute atomic E-state index is 11.5. The van der Waals surface area contributed by atoms with Gasteiger partial charge in [0.05, 0.1) is 6.10 Å². The minimum Gasteiger partial charge on any atom is -0.393 e. The standard InChI is InChI=1S/C14H21N3O2/c1-15-14(19)13-8-11(6-7-16-13)17-9-10-2-4-12(18)5-3-10/h6-8,10,12,18H,2-5,9H2,1H3,(H,15,19)(H,16,17). The molecule has 1 amide bonds. The Bertz CT molecular complexity index is 428. The van der Waals surface area contributed by atoms with Crippen LogP contribution in [0, 0.1) is 5.92 Å². The molecule has 1 saturated carbocycles. The van der Waals surface area contributed by atoms with Gasteiger partial charge in [-0.1, -0.05) is 0 Å². The minimum atomic E-state index is -0.176. The molecule has 0 bridgehead atoms. The van der Waals surface area contributed by atoms with Crippen LogP contribution in [0.3, 0.4) is 0 Å². The lowest BCUT2D eigenvalue weighted by atomic mass is 9.87. The molecule has 0 spiro atoms. The fraction of sp³-hybridized carbons (Fsp3) is 0.571. The van der Waals surface area contributed by atoms with Crippen LogP contribution in [0.25, 0.3) is 0 Å². The lowest BCUT2D eigenvalue weighted by Gasteiger charge is -2.25. The molecule has 5 heteroatoms. The molecule has 2 rings (SSSR count). The van der Waals surface area contributed by atoms with Crippen LogP contribution in [0.5, 0.6) is 0 Å². The van der Waals surface area contributed by atoms with Crippen molar-refractivity contribution in [3.8, 4) is 0 Å². The van der Waals surface area contributed by atoms with Gasteiger partial charge in [-0.05, 0) is 43.7 Å².